The molecule has 0 saturated heterocycles. The highest BCUT2D eigenvalue weighted by molar-refractivity contribution is 5.41. The van der Waals surface area contributed by atoms with Crippen LogP contribution < -0.4 is 4.74 Å². The lowest BCUT2D eigenvalue weighted by molar-refractivity contribution is -0.137. The topological polar surface area (TPSA) is 9.23 Å². The maximum absolute atomic E-state index is 12.3. The van der Waals surface area contributed by atoms with Gasteiger partial charge in [0, 0.05) is 6.42 Å². The summed E-state index contributed by atoms with van der Waals surface area (Å²) in [4.78, 5) is 0. The highest BCUT2D eigenvalue weighted by Crippen LogP contribution is 2.35. The number of alkyl halides is 3. The summed E-state index contributed by atoms with van der Waals surface area (Å²) in [7, 11) is 0. The Hall–Kier alpha value is -1.19. The number of benzene rings is 1. The van der Waals surface area contributed by atoms with Crippen molar-refractivity contribution in [1.82, 2.24) is 0 Å². The number of halogens is 3. The Bertz CT molecular complexity index is 357. The van der Waals surface area contributed by atoms with Crippen LogP contribution in [0.25, 0.3) is 0 Å². The number of fused-ring (bicyclic) bond motifs is 1. The second-order valence-corrected chi connectivity index (χ2v) is 3.45. The van der Waals surface area contributed by atoms with E-state index >= 15 is 0 Å². The van der Waals surface area contributed by atoms with Gasteiger partial charge in [-0.25, -0.2) is 0 Å². The van der Waals surface area contributed by atoms with E-state index in [4.69, 9.17) is 4.74 Å². The zero-order valence-corrected chi connectivity index (χ0v) is 7.56. The molecule has 0 aliphatic carbocycles. The predicted molar refractivity (Wildman–Crippen MR) is 45.2 cm³/mol. The SMILES string of the molecule is CC1Cc2cc(C(F)(F)F)ccc2O1. The van der Waals surface area contributed by atoms with Crippen molar-refractivity contribution in [2.75, 3.05) is 0 Å². The van der Waals surface area contributed by atoms with E-state index in [0.717, 1.165) is 6.07 Å². The van der Waals surface area contributed by atoms with Gasteiger partial charge in [0.1, 0.15) is 11.9 Å². The average molecular weight is 202 g/mol. The summed E-state index contributed by atoms with van der Waals surface area (Å²) < 4.78 is 42.2. The molecule has 0 aromatic heterocycles. The second kappa shape index (κ2) is 2.90. The zero-order chi connectivity index (χ0) is 10.3. The molecule has 0 saturated carbocycles. The van der Waals surface area contributed by atoms with Crippen molar-refractivity contribution < 1.29 is 17.9 Å². The van der Waals surface area contributed by atoms with Crippen LogP contribution in [0.4, 0.5) is 13.2 Å². The van der Waals surface area contributed by atoms with Crippen molar-refractivity contribution >= 4 is 0 Å². The number of hydrogen-bond acceptors (Lipinski definition) is 1. The third-order valence-electron chi connectivity index (χ3n) is 2.22. The van der Waals surface area contributed by atoms with E-state index in [1.807, 2.05) is 6.92 Å². The highest BCUT2D eigenvalue weighted by Gasteiger charge is 2.32. The molecule has 0 bridgehead atoms. The van der Waals surface area contributed by atoms with Gasteiger partial charge < -0.3 is 4.74 Å². The Kier molecular flexibility index (Phi) is 1.94. The molecular formula is C10H9F3O. The molecule has 2 rings (SSSR count). The van der Waals surface area contributed by atoms with Crippen molar-refractivity contribution in [2.45, 2.75) is 25.6 Å². The van der Waals surface area contributed by atoms with Crippen molar-refractivity contribution in [3.8, 4) is 5.75 Å². The van der Waals surface area contributed by atoms with Crippen LogP contribution in [0, 0.1) is 0 Å². The first-order valence-electron chi connectivity index (χ1n) is 4.33. The largest absolute Gasteiger partial charge is 0.490 e. The Balaban J connectivity index is 2.38. The van der Waals surface area contributed by atoms with E-state index < -0.39 is 11.7 Å². The Morgan fingerprint density at radius 2 is 2.07 bits per heavy atom. The van der Waals surface area contributed by atoms with E-state index in [-0.39, 0.29) is 6.10 Å². The molecule has 1 aromatic rings. The minimum absolute atomic E-state index is 0.0199. The molecule has 1 aromatic carbocycles. The third-order valence-corrected chi connectivity index (χ3v) is 2.22. The molecule has 1 atom stereocenters. The molecular weight excluding hydrogens is 193 g/mol. The first kappa shape index (κ1) is 9.37. The van der Waals surface area contributed by atoms with Gasteiger partial charge in [0.2, 0.25) is 0 Å². The molecule has 1 unspecified atom stereocenters. The minimum Gasteiger partial charge on any atom is -0.490 e. The molecule has 0 amide bonds. The van der Waals surface area contributed by atoms with Crippen LogP contribution in [0.2, 0.25) is 0 Å². The van der Waals surface area contributed by atoms with Crippen LogP contribution in [0.5, 0.6) is 5.75 Å². The fourth-order valence-electron chi connectivity index (χ4n) is 1.60. The van der Waals surface area contributed by atoms with Gasteiger partial charge in [-0.1, -0.05) is 0 Å². The van der Waals surface area contributed by atoms with Gasteiger partial charge in [-0.05, 0) is 30.7 Å². The molecule has 0 N–H and O–H groups in total. The summed E-state index contributed by atoms with van der Waals surface area (Å²) in [6, 6.07) is 3.61. The molecule has 1 heterocycles. The number of rotatable bonds is 0. The van der Waals surface area contributed by atoms with Crippen molar-refractivity contribution in [2.24, 2.45) is 0 Å². The van der Waals surface area contributed by atoms with Crippen molar-refractivity contribution in [1.29, 1.82) is 0 Å². The molecule has 0 radical (unpaired) electrons. The van der Waals surface area contributed by atoms with Crippen LogP contribution in [-0.4, -0.2) is 6.10 Å². The fraction of sp³-hybridized carbons (Fsp3) is 0.400. The quantitative estimate of drug-likeness (QED) is 0.628. The van der Waals surface area contributed by atoms with Crippen molar-refractivity contribution in [3.05, 3.63) is 29.3 Å². The number of hydrogen-bond donors (Lipinski definition) is 0. The molecule has 1 aliphatic heterocycles. The molecule has 0 spiro atoms. The Morgan fingerprint density at radius 3 is 2.71 bits per heavy atom. The lowest BCUT2D eigenvalue weighted by Gasteiger charge is -2.07. The maximum Gasteiger partial charge on any atom is 0.416 e. The van der Waals surface area contributed by atoms with Crippen LogP contribution in [0.1, 0.15) is 18.1 Å². The Morgan fingerprint density at radius 1 is 1.36 bits per heavy atom. The predicted octanol–water partition coefficient (Wildman–Crippen LogP) is 3.03. The van der Waals surface area contributed by atoms with Gasteiger partial charge in [-0.3, -0.25) is 0 Å². The summed E-state index contributed by atoms with van der Waals surface area (Å²) >= 11 is 0. The first-order valence-corrected chi connectivity index (χ1v) is 4.33. The van der Waals surface area contributed by atoms with Crippen LogP contribution in [-0.2, 0) is 12.6 Å². The van der Waals surface area contributed by atoms with Gasteiger partial charge in [0.15, 0.2) is 0 Å². The van der Waals surface area contributed by atoms with E-state index in [1.54, 1.807) is 0 Å². The smallest absolute Gasteiger partial charge is 0.416 e. The van der Waals surface area contributed by atoms with E-state index in [1.165, 1.54) is 12.1 Å². The summed E-state index contributed by atoms with van der Waals surface area (Å²) in [5, 5.41) is 0. The van der Waals surface area contributed by atoms with Gasteiger partial charge in [-0.15, -0.1) is 0 Å². The van der Waals surface area contributed by atoms with Gasteiger partial charge >= 0.3 is 6.18 Å². The molecule has 0 fully saturated rings. The lowest BCUT2D eigenvalue weighted by Crippen LogP contribution is -2.05. The minimum atomic E-state index is -4.26. The molecule has 14 heavy (non-hydrogen) atoms. The third kappa shape index (κ3) is 1.56. The molecule has 76 valence electrons. The summed E-state index contributed by atoms with van der Waals surface area (Å²) in [6.45, 7) is 1.84. The van der Waals surface area contributed by atoms with Crippen LogP contribution in [0.3, 0.4) is 0 Å². The lowest BCUT2D eigenvalue weighted by atomic mass is 10.1. The van der Waals surface area contributed by atoms with Gasteiger partial charge in [-0.2, -0.15) is 13.2 Å². The van der Waals surface area contributed by atoms with Crippen molar-refractivity contribution in [3.63, 3.8) is 0 Å². The highest BCUT2D eigenvalue weighted by atomic mass is 19.4. The monoisotopic (exact) mass is 202 g/mol. The Labute approximate surface area is 79.5 Å². The standard InChI is InChI=1S/C10H9F3O/c1-6-4-7-5-8(10(11,12)13)2-3-9(7)14-6/h2-3,5-6H,4H2,1H3. The fourth-order valence-corrected chi connectivity index (χ4v) is 1.60. The van der Waals surface area contributed by atoms with E-state index in [9.17, 15) is 13.2 Å². The normalized spacial score (nSPS) is 20.4. The second-order valence-electron chi connectivity index (χ2n) is 3.45. The van der Waals surface area contributed by atoms with E-state index in [2.05, 4.69) is 0 Å². The maximum atomic E-state index is 12.3. The summed E-state index contributed by atoms with van der Waals surface area (Å²) in [6.07, 6.45) is -3.73. The van der Waals surface area contributed by atoms with Crippen LogP contribution >= 0.6 is 0 Å². The summed E-state index contributed by atoms with van der Waals surface area (Å²) in [5.74, 6) is 0.575. The van der Waals surface area contributed by atoms with Gasteiger partial charge in [0.05, 0.1) is 5.56 Å². The zero-order valence-electron chi connectivity index (χ0n) is 7.56. The van der Waals surface area contributed by atoms with Gasteiger partial charge in [0.25, 0.3) is 0 Å². The summed E-state index contributed by atoms with van der Waals surface area (Å²) in [5.41, 5.74) is 0.0428. The molecule has 1 nitrogen and oxygen atoms in total. The average Bonchev–Trinajstić information content (AvgIpc) is 2.41. The first-order chi connectivity index (χ1) is 6.47. The van der Waals surface area contributed by atoms with Crippen LogP contribution in [0.15, 0.2) is 18.2 Å². The number of ether oxygens (including phenoxy) is 1. The molecule has 4 heteroatoms. The molecule has 1 aliphatic rings. The van der Waals surface area contributed by atoms with E-state index in [0.29, 0.717) is 17.7 Å².